The van der Waals surface area contributed by atoms with Crippen molar-refractivity contribution in [3.05, 3.63) is 67.0 Å². The second kappa shape index (κ2) is 5.83. The number of aryl methyl sites for hydroxylation is 1. The first-order chi connectivity index (χ1) is 10.3. The summed E-state index contributed by atoms with van der Waals surface area (Å²) in [5.74, 6) is 0.911. The van der Waals surface area contributed by atoms with Crippen LogP contribution in [0.1, 0.15) is 5.56 Å². The maximum absolute atomic E-state index is 5.80. The van der Waals surface area contributed by atoms with E-state index in [1.54, 1.807) is 0 Å². The topological polar surface area (TPSA) is 18.0 Å². The number of ether oxygens (including phenoxy) is 1. The molecule has 0 saturated carbocycles. The van der Waals surface area contributed by atoms with Crippen LogP contribution < -0.4 is 9.30 Å². The minimum absolute atomic E-state index is 0.638. The summed E-state index contributed by atoms with van der Waals surface area (Å²) in [4.78, 5) is 0. The van der Waals surface area contributed by atoms with Gasteiger partial charge in [0.1, 0.15) is 18.9 Å². The zero-order valence-electron chi connectivity index (χ0n) is 12.2. The highest BCUT2D eigenvalue weighted by atomic mass is 16.5. The number of aromatic nitrogens is 2. The predicted octanol–water partition coefficient (Wildman–Crippen LogP) is 3.42. The highest BCUT2D eigenvalue weighted by Crippen LogP contribution is 2.12. The molecule has 3 nitrogen and oxygen atoms in total. The molecular weight excluding hydrogens is 260 g/mol. The van der Waals surface area contributed by atoms with Crippen molar-refractivity contribution in [2.75, 3.05) is 6.61 Å². The average Bonchev–Trinajstić information content (AvgIpc) is 2.88. The second-order valence-corrected chi connectivity index (χ2v) is 5.05. The standard InChI is InChI=1S/C18H19N2O/c1-3-19-14-20(18-7-5-4-6-17(18)19)12-13-21-16-10-8-15(2)9-11-16/h3-11,14H,1,12-13H2,2H3/q+1. The van der Waals surface area contributed by atoms with E-state index in [4.69, 9.17) is 4.74 Å². The fourth-order valence-corrected chi connectivity index (χ4v) is 2.42. The zero-order valence-corrected chi connectivity index (χ0v) is 12.2. The van der Waals surface area contributed by atoms with Gasteiger partial charge in [0.15, 0.2) is 11.0 Å². The minimum Gasteiger partial charge on any atom is -0.489 e. The third-order valence-electron chi connectivity index (χ3n) is 3.55. The number of imidazole rings is 1. The lowest BCUT2D eigenvalue weighted by atomic mass is 10.2. The van der Waals surface area contributed by atoms with Gasteiger partial charge in [0.05, 0.1) is 6.20 Å². The normalized spacial score (nSPS) is 10.7. The van der Waals surface area contributed by atoms with Crippen molar-refractivity contribution >= 4 is 17.2 Å². The van der Waals surface area contributed by atoms with E-state index >= 15 is 0 Å². The molecule has 0 unspecified atom stereocenters. The van der Waals surface area contributed by atoms with Gasteiger partial charge >= 0.3 is 0 Å². The molecule has 21 heavy (non-hydrogen) atoms. The van der Waals surface area contributed by atoms with Crippen LogP contribution in [0.5, 0.6) is 5.75 Å². The number of nitrogens with zero attached hydrogens (tertiary/aromatic N) is 2. The molecule has 3 rings (SSSR count). The summed E-state index contributed by atoms with van der Waals surface area (Å²) in [6, 6.07) is 16.4. The van der Waals surface area contributed by atoms with Crippen molar-refractivity contribution in [3.8, 4) is 5.75 Å². The molecule has 0 spiro atoms. The van der Waals surface area contributed by atoms with Crippen molar-refractivity contribution in [3.63, 3.8) is 0 Å². The first-order valence-electron chi connectivity index (χ1n) is 7.09. The van der Waals surface area contributed by atoms with Crippen LogP contribution in [0, 0.1) is 6.92 Å². The molecule has 106 valence electrons. The molecule has 0 bridgehead atoms. The zero-order chi connectivity index (χ0) is 14.7. The Morgan fingerprint density at radius 3 is 2.67 bits per heavy atom. The van der Waals surface area contributed by atoms with Crippen molar-refractivity contribution in [1.29, 1.82) is 0 Å². The van der Waals surface area contributed by atoms with Gasteiger partial charge in [0.25, 0.3) is 0 Å². The van der Waals surface area contributed by atoms with Crippen molar-refractivity contribution in [2.24, 2.45) is 0 Å². The molecule has 0 aliphatic heterocycles. The molecule has 0 radical (unpaired) electrons. The molecule has 2 aromatic carbocycles. The van der Waals surface area contributed by atoms with Gasteiger partial charge in [-0.3, -0.25) is 0 Å². The summed E-state index contributed by atoms with van der Waals surface area (Å²) >= 11 is 0. The Kier molecular flexibility index (Phi) is 3.73. The highest BCUT2D eigenvalue weighted by Gasteiger charge is 2.12. The van der Waals surface area contributed by atoms with E-state index in [-0.39, 0.29) is 0 Å². The van der Waals surface area contributed by atoms with Crippen molar-refractivity contribution in [1.82, 2.24) is 4.57 Å². The van der Waals surface area contributed by atoms with Crippen LogP contribution in [0.25, 0.3) is 17.2 Å². The Bertz CT molecular complexity index is 756. The predicted molar refractivity (Wildman–Crippen MR) is 85.2 cm³/mol. The first-order valence-corrected chi connectivity index (χ1v) is 7.09. The lowest BCUT2D eigenvalue weighted by Gasteiger charge is -2.05. The maximum Gasteiger partial charge on any atom is 0.249 e. The fourth-order valence-electron chi connectivity index (χ4n) is 2.42. The van der Waals surface area contributed by atoms with Crippen LogP contribution in [0.3, 0.4) is 0 Å². The highest BCUT2D eigenvalue weighted by molar-refractivity contribution is 5.73. The third kappa shape index (κ3) is 2.82. The fraction of sp³-hybridized carbons (Fsp3) is 0.167. The van der Waals surface area contributed by atoms with Gasteiger partial charge in [-0.15, -0.1) is 0 Å². The molecule has 0 saturated heterocycles. The lowest BCUT2D eigenvalue weighted by Crippen LogP contribution is -2.35. The number of rotatable bonds is 5. The number of fused-ring (bicyclic) bond motifs is 1. The van der Waals surface area contributed by atoms with E-state index in [0.29, 0.717) is 6.61 Å². The molecule has 0 atom stereocenters. The van der Waals surface area contributed by atoms with Gasteiger partial charge < -0.3 is 4.74 Å². The van der Waals surface area contributed by atoms with Crippen molar-refractivity contribution in [2.45, 2.75) is 13.5 Å². The smallest absolute Gasteiger partial charge is 0.249 e. The third-order valence-corrected chi connectivity index (χ3v) is 3.55. The van der Waals surface area contributed by atoms with E-state index in [1.165, 1.54) is 11.1 Å². The SMILES string of the molecule is C=Cn1c[n+](CCOc2ccc(C)cc2)c2ccccc21. The summed E-state index contributed by atoms with van der Waals surface area (Å²) < 4.78 is 10.0. The van der Waals surface area contributed by atoms with Crippen LogP contribution >= 0.6 is 0 Å². The van der Waals surface area contributed by atoms with Crippen LogP contribution in [0.4, 0.5) is 0 Å². The van der Waals surface area contributed by atoms with Crippen LogP contribution in [0.2, 0.25) is 0 Å². The van der Waals surface area contributed by atoms with Gasteiger partial charge in [-0.1, -0.05) is 36.4 Å². The summed E-state index contributed by atoms with van der Waals surface area (Å²) in [5, 5.41) is 0. The summed E-state index contributed by atoms with van der Waals surface area (Å²) in [6.45, 7) is 7.36. The van der Waals surface area contributed by atoms with Gasteiger partial charge in [-0.25, -0.2) is 9.13 Å². The Morgan fingerprint density at radius 1 is 1.14 bits per heavy atom. The van der Waals surface area contributed by atoms with E-state index in [2.05, 4.69) is 48.7 Å². The molecule has 3 heteroatoms. The van der Waals surface area contributed by atoms with Crippen LogP contribution in [-0.2, 0) is 6.54 Å². The largest absolute Gasteiger partial charge is 0.489 e. The molecule has 0 amide bonds. The molecule has 1 heterocycles. The van der Waals surface area contributed by atoms with Crippen LogP contribution in [0.15, 0.2) is 61.4 Å². The van der Waals surface area contributed by atoms with E-state index in [1.807, 2.05) is 35.0 Å². The molecule has 0 N–H and O–H groups in total. The Balaban J connectivity index is 1.73. The molecule has 0 aliphatic rings. The summed E-state index contributed by atoms with van der Waals surface area (Å²) in [6.07, 6.45) is 3.87. The lowest BCUT2D eigenvalue weighted by molar-refractivity contribution is -0.672. The number of hydrogen-bond acceptors (Lipinski definition) is 1. The summed E-state index contributed by atoms with van der Waals surface area (Å²) in [7, 11) is 0. The average molecular weight is 279 g/mol. The minimum atomic E-state index is 0.638. The van der Waals surface area contributed by atoms with Crippen molar-refractivity contribution < 1.29 is 9.30 Å². The second-order valence-electron chi connectivity index (χ2n) is 5.05. The Morgan fingerprint density at radius 2 is 1.90 bits per heavy atom. The number of hydrogen-bond donors (Lipinski definition) is 0. The number of para-hydroxylation sites is 2. The Labute approximate surface area is 124 Å². The summed E-state index contributed by atoms with van der Waals surface area (Å²) in [5.41, 5.74) is 3.58. The Hall–Kier alpha value is -2.55. The van der Waals surface area contributed by atoms with E-state index in [0.717, 1.165) is 17.8 Å². The van der Waals surface area contributed by atoms with E-state index in [9.17, 15) is 0 Å². The molecular formula is C18H19N2O+. The van der Waals surface area contributed by atoms with Gasteiger partial charge in [-0.05, 0) is 31.2 Å². The molecule has 3 aromatic rings. The number of benzene rings is 2. The van der Waals surface area contributed by atoms with Crippen LogP contribution in [-0.4, -0.2) is 11.2 Å². The van der Waals surface area contributed by atoms with Gasteiger partial charge in [-0.2, -0.15) is 0 Å². The van der Waals surface area contributed by atoms with Gasteiger partial charge in [0, 0.05) is 0 Å². The molecule has 1 aromatic heterocycles. The molecule has 0 aliphatic carbocycles. The van der Waals surface area contributed by atoms with E-state index < -0.39 is 0 Å². The maximum atomic E-state index is 5.80. The first kappa shape index (κ1) is 13.4. The monoisotopic (exact) mass is 279 g/mol. The molecule has 0 fully saturated rings. The van der Waals surface area contributed by atoms with Gasteiger partial charge in [0.2, 0.25) is 6.33 Å². The quantitative estimate of drug-likeness (QED) is 0.654.